The molecule has 1 amide bonds. The van der Waals surface area contributed by atoms with Crippen LogP contribution in [0, 0.1) is 19.8 Å². The van der Waals surface area contributed by atoms with Crippen molar-refractivity contribution in [3.63, 3.8) is 0 Å². The lowest BCUT2D eigenvalue weighted by molar-refractivity contribution is -0.123. The number of anilines is 1. The van der Waals surface area contributed by atoms with E-state index in [0.29, 0.717) is 37.1 Å². The molecule has 1 aliphatic heterocycles. The van der Waals surface area contributed by atoms with E-state index < -0.39 is 15.9 Å². The van der Waals surface area contributed by atoms with Crippen molar-refractivity contribution in [1.82, 2.24) is 10.3 Å². The van der Waals surface area contributed by atoms with Gasteiger partial charge in [-0.3, -0.25) is 14.3 Å². The summed E-state index contributed by atoms with van der Waals surface area (Å²) in [6.07, 6.45) is 4.25. The van der Waals surface area contributed by atoms with Gasteiger partial charge in [-0.15, -0.1) is 0 Å². The number of nitrogens with one attached hydrogen (secondary N) is 1. The minimum Gasteiger partial charge on any atom is -0.411 e. The normalized spacial score (nSPS) is 14.7. The summed E-state index contributed by atoms with van der Waals surface area (Å²) in [7, 11) is -4.22. The Morgan fingerprint density at radius 2 is 1.82 bits per heavy atom. The SMILES string of the molecule is Cc1cc(-c2cccc(/C(CCc3ccc(N(CCS(=O)(=O)O)C(=O)C4CCNCC4)cc3)=N\O)c2C)ccn1. The third-order valence-corrected chi connectivity index (χ3v) is 8.10. The number of piperidine rings is 1. The van der Waals surface area contributed by atoms with E-state index in [0.717, 1.165) is 46.6 Å². The molecule has 0 bridgehead atoms. The number of hydrogen-bond acceptors (Lipinski definition) is 7. The van der Waals surface area contributed by atoms with Gasteiger partial charge in [-0.05, 0) is 99.1 Å². The third-order valence-electron chi connectivity index (χ3n) is 7.40. The van der Waals surface area contributed by atoms with Crippen molar-refractivity contribution in [2.24, 2.45) is 11.1 Å². The Labute approximate surface area is 235 Å². The Hall–Kier alpha value is -3.60. The van der Waals surface area contributed by atoms with Crippen molar-refractivity contribution in [3.05, 3.63) is 83.2 Å². The first-order chi connectivity index (χ1) is 19.2. The van der Waals surface area contributed by atoms with Crippen LogP contribution < -0.4 is 10.2 Å². The van der Waals surface area contributed by atoms with Crippen molar-refractivity contribution in [3.8, 4) is 11.1 Å². The van der Waals surface area contributed by atoms with E-state index >= 15 is 0 Å². The van der Waals surface area contributed by atoms with Crippen LogP contribution >= 0.6 is 0 Å². The maximum Gasteiger partial charge on any atom is 0.266 e. The second kappa shape index (κ2) is 13.2. The van der Waals surface area contributed by atoms with Crippen LogP contribution in [0.15, 0.2) is 65.9 Å². The molecule has 212 valence electrons. The minimum absolute atomic E-state index is 0.116. The zero-order valence-corrected chi connectivity index (χ0v) is 23.7. The molecule has 1 aromatic heterocycles. The number of benzene rings is 2. The van der Waals surface area contributed by atoms with Crippen molar-refractivity contribution in [1.29, 1.82) is 0 Å². The molecule has 9 nitrogen and oxygen atoms in total. The van der Waals surface area contributed by atoms with Gasteiger partial charge in [-0.25, -0.2) is 0 Å². The largest absolute Gasteiger partial charge is 0.411 e. The second-order valence-electron chi connectivity index (χ2n) is 10.2. The zero-order valence-electron chi connectivity index (χ0n) is 22.9. The fourth-order valence-corrected chi connectivity index (χ4v) is 5.59. The quantitative estimate of drug-likeness (QED) is 0.144. The molecule has 0 saturated carbocycles. The summed E-state index contributed by atoms with van der Waals surface area (Å²) >= 11 is 0. The molecule has 3 aromatic rings. The number of oxime groups is 1. The number of aromatic nitrogens is 1. The summed E-state index contributed by atoms with van der Waals surface area (Å²) in [4.78, 5) is 19.0. The van der Waals surface area contributed by atoms with Crippen LogP contribution in [0.1, 0.15) is 41.6 Å². The maximum atomic E-state index is 13.3. The number of aryl methyl sites for hydroxylation is 2. The van der Waals surface area contributed by atoms with Crippen molar-refractivity contribution in [2.75, 3.05) is 30.3 Å². The van der Waals surface area contributed by atoms with Crippen LogP contribution in [0.3, 0.4) is 0 Å². The molecule has 0 radical (unpaired) electrons. The first kappa shape index (κ1) is 29.4. The molecule has 0 spiro atoms. The average Bonchev–Trinajstić information content (AvgIpc) is 2.94. The van der Waals surface area contributed by atoms with E-state index in [4.69, 9.17) is 0 Å². The Kier molecular flexibility index (Phi) is 9.67. The van der Waals surface area contributed by atoms with E-state index in [2.05, 4.69) is 15.5 Å². The van der Waals surface area contributed by atoms with Gasteiger partial charge in [0.1, 0.15) is 0 Å². The highest BCUT2D eigenvalue weighted by Crippen LogP contribution is 2.28. The van der Waals surface area contributed by atoms with Gasteiger partial charge in [-0.1, -0.05) is 35.5 Å². The Morgan fingerprint density at radius 1 is 1.10 bits per heavy atom. The standard InChI is InChI=1S/C30H36N4O5S/c1-21-20-25(14-17-32-21)27-4-3-5-28(22(27)2)29(33-36)11-8-23-6-9-26(10-7-23)34(18-19-40(37,38)39)30(35)24-12-15-31-16-13-24/h3-7,9-10,14,17,20,24,31,36H,8,11-13,15-16,18-19H2,1-2H3,(H,37,38,39)/b33-29-. The zero-order chi connectivity index (χ0) is 28.7. The molecule has 1 aliphatic rings. The summed E-state index contributed by atoms with van der Waals surface area (Å²) < 4.78 is 32.1. The summed E-state index contributed by atoms with van der Waals surface area (Å²) in [5.41, 5.74) is 7.06. The predicted octanol–water partition coefficient (Wildman–Crippen LogP) is 4.40. The predicted molar refractivity (Wildman–Crippen MR) is 157 cm³/mol. The number of pyridine rings is 1. The number of hydrogen-bond donors (Lipinski definition) is 3. The summed E-state index contributed by atoms with van der Waals surface area (Å²) in [6, 6.07) is 17.3. The smallest absolute Gasteiger partial charge is 0.266 e. The first-order valence-corrected chi connectivity index (χ1v) is 15.1. The maximum absolute atomic E-state index is 13.3. The van der Waals surface area contributed by atoms with Gasteiger partial charge < -0.3 is 15.4 Å². The molecule has 0 unspecified atom stereocenters. The highest BCUT2D eigenvalue weighted by Gasteiger charge is 2.27. The highest BCUT2D eigenvalue weighted by molar-refractivity contribution is 7.85. The topological polar surface area (TPSA) is 132 Å². The molecular formula is C30H36N4O5S. The van der Waals surface area contributed by atoms with E-state index in [1.54, 1.807) is 18.3 Å². The van der Waals surface area contributed by atoms with Crippen molar-refractivity contribution < 1.29 is 23.0 Å². The van der Waals surface area contributed by atoms with Gasteiger partial charge in [0, 0.05) is 35.6 Å². The molecular weight excluding hydrogens is 528 g/mol. The van der Waals surface area contributed by atoms with Crippen LogP contribution in [-0.2, 0) is 21.3 Å². The van der Waals surface area contributed by atoms with Crippen LogP contribution in [0.4, 0.5) is 5.69 Å². The number of carbonyl (C=O) groups is 1. The molecule has 3 N–H and O–H groups in total. The highest BCUT2D eigenvalue weighted by atomic mass is 32.2. The van der Waals surface area contributed by atoms with Gasteiger partial charge in [0.05, 0.1) is 11.5 Å². The molecule has 2 heterocycles. The Bertz CT molecular complexity index is 1470. The van der Waals surface area contributed by atoms with Crippen LogP contribution in [0.5, 0.6) is 0 Å². The van der Waals surface area contributed by atoms with Crippen molar-refractivity contribution in [2.45, 2.75) is 39.5 Å². The minimum atomic E-state index is -4.22. The fourth-order valence-electron chi connectivity index (χ4n) is 5.18. The van der Waals surface area contributed by atoms with Crippen LogP contribution in [0.25, 0.3) is 11.1 Å². The molecule has 4 rings (SSSR count). The van der Waals surface area contributed by atoms with Gasteiger partial charge >= 0.3 is 0 Å². The van der Waals surface area contributed by atoms with E-state index in [-0.39, 0.29) is 18.4 Å². The van der Waals surface area contributed by atoms with Gasteiger partial charge in [0.2, 0.25) is 5.91 Å². The summed E-state index contributed by atoms with van der Waals surface area (Å²) in [5.74, 6) is -0.854. The van der Waals surface area contributed by atoms with E-state index in [9.17, 15) is 23.0 Å². The summed E-state index contributed by atoms with van der Waals surface area (Å²) in [5, 5.41) is 16.7. The monoisotopic (exact) mass is 564 g/mol. The number of rotatable bonds is 10. The summed E-state index contributed by atoms with van der Waals surface area (Å²) in [6.45, 7) is 5.32. The van der Waals surface area contributed by atoms with Crippen LogP contribution in [0.2, 0.25) is 0 Å². The van der Waals surface area contributed by atoms with E-state index in [1.807, 2.05) is 56.3 Å². The molecule has 40 heavy (non-hydrogen) atoms. The lowest BCUT2D eigenvalue weighted by Crippen LogP contribution is -2.43. The third kappa shape index (κ3) is 7.53. The molecule has 10 heteroatoms. The van der Waals surface area contributed by atoms with Gasteiger partial charge in [0.25, 0.3) is 10.1 Å². The molecule has 1 saturated heterocycles. The van der Waals surface area contributed by atoms with Gasteiger partial charge in [-0.2, -0.15) is 8.42 Å². The second-order valence-corrected chi connectivity index (χ2v) is 11.7. The van der Waals surface area contributed by atoms with Crippen molar-refractivity contribution >= 4 is 27.4 Å². The van der Waals surface area contributed by atoms with Gasteiger partial charge in [0.15, 0.2) is 0 Å². The molecule has 1 fully saturated rings. The molecule has 0 aliphatic carbocycles. The molecule has 0 atom stereocenters. The van der Waals surface area contributed by atoms with E-state index in [1.165, 1.54) is 4.90 Å². The number of amides is 1. The fraction of sp³-hybridized carbons (Fsp3) is 0.367. The average molecular weight is 565 g/mol. The number of nitrogens with zero attached hydrogens (tertiary/aromatic N) is 3. The Balaban J connectivity index is 1.49. The lowest BCUT2D eigenvalue weighted by Gasteiger charge is -2.29. The Morgan fingerprint density at radius 3 is 2.48 bits per heavy atom. The van der Waals surface area contributed by atoms with Crippen LogP contribution in [-0.4, -0.2) is 60.2 Å². The molecule has 2 aromatic carbocycles. The number of carbonyl (C=O) groups excluding carboxylic acids is 1. The first-order valence-electron chi connectivity index (χ1n) is 13.5. The lowest BCUT2D eigenvalue weighted by atomic mass is 9.92.